The summed E-state index contributed by atoms with van der Waals surface area (Å²) in [5.41, 5.74) is 0.761. The highest BCUT2D eigenvalue weighted by molar-refractivity contribution is 7.89. The van der Waals surface area contributed by atoms with E-state index in [0.717, 1.165) is 24.0 Å². The molecular weight excluding hydrogens is 518 g/mol. The van der Waals surface area contributed by atoms with E-state index in [1.165, 1.54) is 4.31 Å². The van der Waals surface area contributed by atoms with Crippen LogP contribution in [0.5, 0.6) is 0 Å². The third-order valence-corrected chi connectivity index (χ3v) is 8.88. The molecule has 0 saturated heterocycles. The van der Waals surface area contributed by atoms with Crippen LogP contribution in [-0.4, -0.2) is 31.3 Å². The second kappa shape index (κ2) is 12.7. The van der Waals surface area contributed by atoms with E-state index < -0.39 is 21.7 Å². The number of esters is 1. The fourth-order valence-corrected chi connectivity index (χ4v) is 6.35. The lowest BCUT2D eigenvalue weighted by Crippen LogP contribution is -2.55. The maximum Gasteiger partial charge on any atom is 0.310 e. The molecule has 1 fully saturated rings. The third-order valence-electron chi connectivity index (χ3n) is 6.99. The van der Waals surface area contributed by atoms with Crippen LogP contribution in [-0.2, 0) is 25.2 Å². The number of benzene rings is 3. The molecule has 0 spiro atoms. The van der Waals surface area contributed by atoms with Crippen molar-refractivity contribution in [2.75, 3.05) is 6.54 Å². The Hall–Kier alpha value is -3.66. The Morgan fingerprint density at radius 2 is 1.62 bits per heavy atom. The van der Waals surface area contributed by atoms with Crippen molar-refractivity contribution in [2.24, 2.45) is 11.8 Å². The fourth-order valence-electron chi connectivity index (χ4n) is 4.73. The second-order valence-electron chi connectivity index (χ2n) is 10.7. The predicted molar refractivity (Wildman–Crippen MR) is 159 cm³/mol. The van der Waals surface area contributed by atoms with Crippen LogP contribution in [0.25, 0.3) is 0 Å². The van der Waals surface area contributed by atoms with Crippen LogP contribution in [0.3, 0.4) is 0 Å². The molecule has 2 atom stereocenters. The van der Waals surface area contributed by atoms with E-state index in [9.17, 15) is 13.2 Å². The van der Waals surface area contributed by atoms with Crippen LogP contribution < -0.4 is 0 Å². The summed E-state index contributed by atoms with van der Waals surface area (Å²) in [5.74, 6) is 6.05. The van der Waals surface area contributed by atoms with Gasteiger partial charge < -0.3 is 4.74 Å². The highest BCUT2D eigenvalue weighted by atomic mass is 32.2. The van der Waals surface area contributed by atoms with Crippen LogP contribution in [0.1, 0.15) is 49.8 Å². The van der Waals surface area contributed by atoms with Crippen molar-refractivity contribution in [3.8, 4) is 11.8 Å². The fraction of sp³-hybridized carbons (Fsp3) is 0.324. The van der Waals surface area contributed by atoms with E-state index in [2.05, 4.69) is 18.4 Å². The molecule has 0 amide bonds. The number of carbonyl (C=O) groups is 1. The van der Waals surface area contributed by atoms with Gasteiger partial charge in [0.05, 0.1) is 16.9 Å². The van der Waals surface area contributed by atoms with Crippen LogP contribution in [0, 0.1) is 30.6 Å². The average Bonchev–Trinajstić information content (AvgIpc) is 3.80. The maximum atomic E-state index is 14.3. The molecule has 0 aromatic heterocycles. The van der Waals surface area contributed by atoms with Crippen LogP contribution in [0.15, 0.2) is 102 Å². The van der Waals surface area contributed by atoms with Gasteiger partial charge in [-0.2, -0.15) is 4.31 Å². The highest BCUT2D eigenvalue weighted by Crippen LogP contribution is 2.41. The molecule has 0 N–H and O–H groups in total. The van der Waals surface area contributed by atoms with Gasteiger partial charge in [-0.3, -0.25) is 4.79 Å². The Labute approximate surface area is 238 Å². The molecule has 0 unspecified atom stereocenters. The maximum absolute atomic E-state index is 14.3. The zero-order valence-electron chi connectivity index (χ0n) is 23.4. The van der Waals surface area contributed by atoms with Crippen molar-refractivity contribution in [3.63, 3.8) is 0 Å². The summed E-state index contributed by atoms with van der Waals surface area (Å²) in [4.78, 5) is 13.6. The monoisotopic (exact) mass is 555 g/mol. The largest absolute Gasteiger partial charge is 0.439 e. The highest BCUT2D eigenvalue weighted by Gasteiger charge is 2.51. The molecule has 1 saturated carbocycles. The first-order chi connectivity index (χ1) is 19.2. The van der Waals surface area contributed by atoms with E-state index in [-0.39, 0.29) is 29.2 Å². The average molecular weight is 556 g/mol. The van der Waals surface area contributed by atoms with E-state index in [4.69, 9.17) is 4.74 Å². The molecule has 5 nitrogen and oxygen atoms in total. The number of sulfonamides is 1. The summed E-state index contributed by atoms with van der Waals surface area (Å²) in [7, 11) is -4.04. The first-order valence-electron chi connectivity index (χ1n) is 13.7. The van der Waals surface area contributed by atoms with Gasteiger partial charge in [-0.1, -0.05) is 92.1 Å². The van der Waals surface area contributed by atoms with Crippen molar-refractivity contribution in [1.82, 2.24) is 4.31 Å². The van der Waals surface area contributed by atoms with E-state index in [1.807, 2.05) is 81.4 Å². The quantitative estimate of drug-likeness (QED) is 0.154. The van der Waals surface area contributed by atoms with Crippen LogP contribution >= 0.6 is 0 Å². The Morgan fingerprint density at radius 3 is 2.17 bits per heavy atom. The topological polar surface area (TPSA) is 63.7 Å². The Balaban J connectivity index is 2.00. The SMILES string of the molecule is C=CCN([C@@H](CC(C)C)[C@](C#Cc1ccccc1)(OC(=O)C1CC1)c1ccccc1)S(=O)(=O)c1ccc(C)cc1. The van der Waals surface area contributed by atoms with Gasteiger partial charge in [0, 0.05) is 17.7 Å². The number of hydrogen-bond donors (Lipinski definition) is 0. The van der Waals surface area contributed by atoms with E-state index >= 15 is 0 Å². The molecule has 1 aliphatic rings. The lowest BCUT2D eigenvalue weighted by Gasteiger charge is -2.42. The lowest BCUT2D eigenvalue weighted by molar-refractivity contribution is -0.162. The number of nitrogens with zero attached hydrogens (tertiary/aromatic N) is 1. The van der Waals surface area contributed by atoms with E-state index in [0.29, 0.717) is 12.0 Å². The van der Waals surface area contributed by atoms with E-state index in [1.54, 1.807) is 30.3 Å². The Bertz CT molecular complexity index is 1470. The van der Waals surface area contributed by atoms with Gasteiger partial charge in [-0.05, 0) is 62.3 Å². The smallest absolute Gasteiger partial charge is 0.310 e. The summed E-state index contributed by atoms with van der Waals surface area (Å²) >= 11 is 0. The number of rotatable bonds is 11. The molecule has 208 valence electrons. The van der Waals surface area contributed by atoms with Gasteiger partial charge in [0.1, 0.15) is 0 Å². The minimum atomic E-state index is -4.04. The second-order valence-corrected chi connectivity index (χ2v) is 12.6. The van der Waals surface area contributed by atoms with Crippen LogP contribution in [0.2, 0.25) is 0 Å². The molecule has 0 heterocycles. The molecule has 6 heteroatoms. The predicted octanol–water partition coefficient (Wildman–Crippen LogP) is 6.49. The molecule has 3 aromatic rings. The summed E-state index contributed by atoms with van der Waals surface area (Å²) in [6.07, 6.45) is 3.48. The molecule has 40 heavy (non-hydrogen) atoms. The zero-order chi connectivity index (χ0) is 28.8. The van der Waals surface area contributed by atoms with Crippen molar-refractivity contribution in [3.05, 3.63) is 114 Å². The third kappa shape index (κ3) is 6.72. The van der Waals surface area contributed by atoms with Gasteiger partial charge in [-0.15, -0.1) is 6.58 Å². The first kappa shape index (κ1) is 29.3. The summed E-state index contributed by atoms with van der Waals surface area (Å²) < 4.78 is 36.5. The molecular formula is C34H37NO4S. The van der Waals surface area contributed by atoms with Crippen LogP contribution in [0.4, 0.5) is 0 Å². The summed E-state index contributed by atoms with van der Waals surface area (Å²) in [6.45, 7) is 9.87. The van der Waals surface area contributed by atoms with Crippen molar-refractivity contribution in [1.29, 1.82) is 0 Å². The van der Waals surface area contributed by atoms with Crippen molar-refractivity contribution >= 4 is 16.0 Å². The number of aryl methyl sites for hydroxylation is 1. The molecule has 0 aliphatic heterocycles. The number of carbonyl (C=O) groups excluding carboxylic acids is 1. The normalized spacial score (nSPS) is 15.5. The van der Waals surface area contributed by atoms with Gasteiger partial charge in [0.15, 0.2) is 0 Å². The molecule has 0 bridgehead atoms. The minimum Gasteiger partial charge on any atom is -0.439 e. The van der Waals surface area contributed by atoms with Gasteiger partial charge in [0.2, 0.25) is 15.6 Å². The van der Waals surface area contributed by atoms with Gasteiger partial charge in [-0.25, -0.2) is 8.42 Å². The minimum absolute atomic E-state index is 0.0240. The molecule has 3 aromatic carbocycles. The van der Waals surface area contributed by atoms with Gasteiger partial charge in [0.25, 0.3) is 0 Å². The lowest BCUT2D eigenvalue weighted by atomic mass is 9.81. The standard InChI is InChI=1S/C34H37NO4S/c1-5-24-35(40(37,38)31-20-16-27(4)17-21-31)32(25-26(2)3)34(30-14-10-7-11-15-30,39-33(36)29-18-19-29)23-22-28-12-8-6-9-13-28/h5-17,20-21,26,29,32H,1,18-19,24-25H2,2-4H3/t32-,34+/m0/s1. The number of ether oxygens (including phenoxy) is 1. The van der Waals surface area contributed by atoms with Crippen molar-refractivity contribution in [2.45, 2.75) is 56.6 Å². The first-order valence-corrected chi connectivity index (χ1v) is 15.2. The van der Waals surface area contributed by atoms with Gasteiger partial charge >= 0.3 is 5.97 Å². The molecule has 4 rings (SSSR count). The number of hydrogen-bond acceptors (Lipinski definition) is 4. The zero-order valence-corrected chi connectivity index (χ0v) is 24.2. The Kier molecular flexibility index (Phi) is 9.29. The Morgan fingerprint density at radius 1 is 1.02 bits per heavy atom. The summed E-state index contributed by atoms with van der Waals surface area (Å²) in [5, 5.41) is 0. The molecule has 0 radical (unpaired) electrons. The summed E-state index contributed by atoms with van der Waals surface area (Å²) in [6, 6.07) is 24.7. The molecule has 1 aliphatic carbocycles. The van der Waals surface area contributed by atoms with Crippen molar-refractivity contribution < 1.29 is 17.9 Å².